The van der Waals surface area contributed by atoms with Crippen LogP contribution in [-0.2, 0) is 0 Å². The molecule has 0 saturated carbocycles. The molecular formula is C6H6ClK. The minimum atomic E-state index is 0. The van der Waals surface area contributed by atoms with Crippen molar-refractivity contribution in [1.82, 2.24) is 0 Å². The number of hydrogen-bond acceptors (Lipinski definition) is 0. The van der Waals surface area contributed by atoms with Crippen LogP contribution in [0.2, 0.25) is 5.02 Å². The van der Waals surface area contributed by atoms with Crippen LogP contribution in [0.3, 0.4) is 0 Å². The van der Waals surface area contributed by atoms with Crippen LogP contribution in [0.25, 0.3) is 0 Å². The molecule has 0 radical (unpaired) electrons. The first kappa shape index (κ1) is 9.15. The van der Waals surface area contributed by atoms with E-state index in [1.54, 1.807) is 0 Å². The van der Waals surface area contributed by atoms with Gasteiger partial charge in [-0.2, -0.15) is 0 Å². The van der Waals surface area contributed by atoms with Crippen molar-refractivity contribution < 1.29 is 52.8 Å². The number of hydrogen-bond donors (Lipinski definition) is 0. The average molecular weight is 153 g/mol. The SMILES string of the molecule is Clc1ccccc1.[H-].[K+]. The van der Waals surface area contributed by atoms with Gasteiger partial charge in [-0.3, -0.25) is 0 Å². The van der Waals surface area contributed by atoms with E-state index in [0.29, 0.717) is 0 Å². The first-order valence-electron chi connectivity index (χ1n) is 2.10. The molecule has 1 rings (SSSR count). The Balaban J connectivity index is 0. The number of rotatable bonds is 0. The van der Waals surface area contributed by atoms with Crippen LogP contribution in [0.4, 0.5) is 0 Å². The van der Waals surface area contributed by atoms with Crippen LogP contribution in [0, 0.1) is 0 Å². The topological polar surface area (TPSA) is 0 Å². The van der Waals surface area contributed by atoms with E-state index in [2.05, 4.69) is 0 Å². The van der Waals surface area contributed by atoms with Gasteiger partial charge in [0.1, 0.15) is 0 Å². The first-order chi connectivity index (χ1) is 3.39. The first-order valence-corrected chi connectivity index (χ1v) is 2.48. The summed E-state index contributed by atoms with van der Waals surface area (Å²) in [5, 5.41) is 0.794. The van der Waals surface area contributed by atoms with Gasteiger partial charge in [-0.15, -0.1) is 0 Å². The van der Waals surface area contributed by atoms with Crippen molar-refractivity contribution in [3.63, 3.8) is 0 Å². The monoisotopic (exact) mass is 152 g/mol. The summed E-state index contributed by atoms with van der Waals surface area (Å²) in [4.78, 5) is 0. The zero-order valence-corrected chi connectivity index (χ0v) is 8.64. The van der Waals surface area contributed by atoms with E-state index in [1.165, 1.54) is 0 Å². The third kappa shape index (κ3) is 3.23. The Labute approximate surface area is 98.1 Å². The van der Waals surface area contributed by atoms with Crippen molar-refractivity contribution in [2.45, 2.75) is 0 Å². The van der Waals surface area contributed by atoms with E-state index in [0.717, 1.165) is 5.02 Å². The minimum absolute atomic E-state index is 0. The third-order valence-electron chi connectivity index (χ3n) is 0.733. The van der Waals surface area contributed by atoms with Gasteiger partial charge in [0.2, 0.25) is 0 Å². The average Bonchev–Trinajstić information content (AvgIpc) is 1.69. The molecule has 0 fully saturated rings. The van der Waals surface area contributed by atoms with Gasteiger partial charge < -0.3 is 1.43 Å². The van der Waals surface area contributed by atoms with E-state index < -0.39 is 0 Å². The molecule has 0 amide bonds. The smallest absolute Gasteiger partial charge is 1.00 e. The van der Waals surface area contributed by atoms with Crippen molar-refractivity contribution in [3.05, 3.63) is 35.4 Å². The maximum absolute atomic E-state index is 5.54. The maximum Gasteiger partial charge on any atom is 1.00 e. The summed E-state index contributed by atoms with van der Waals surface area (Å²) in [5.41, 5.74) is 0. The Morgan fingerprint density at radius 2 is 1.62 bits per heavy atom. The largest absolute Gasteiger partial charge is 1.00 e. The second kappa shape index (κ2) is 4.97. The quantitative estimate of drug-likeness (QED) is 0.438. The summed E-state index contributed by atoms with van der Waals surface area (Å²) in [7, 11) is 0. The molecule has 1 aromatic rings. The summed E-state index contributed by atoms with van der Waals surface area (Å²) in [6, 6.07) is 9.44. The van der Waals surface area contributed by atoms with Crippen molar-refractivity contribution in [2.75, 3.05) is 0 Å². The Kier molecular flexibility index (Phi) is 5.69. The fourth-order valence-electron chi connectivity index (χ4n) is 0.415. The fraction of sp³-hybridized carbons (Fsp3) is 0. The Morgan fingerprint density at radius 3 is 1.88 bits per heavy atom. The maximum atomic E-state index is 5.54. The van der Waals surface area contributed by atoms with E-state index in [1.807, 2.05) is 30.3 Å². The molecule has 2 heteroatoms. The number of benzene rings is 1. The second-order valence-electron chi connectivity index (χ2n) is 1.30. The van der Waals surface area contributed by atoms with Gasteiger partial charge in [0.15, 0.2) is 0 Å². The normalized spacial score (nSPS) is 7.62. The molecule has 0 aliphatic heterocycles. The molecule has 0 aliphatic carbocycles. The molecule has 0 atom stereocenters. The van der Waals surface area contributed by atoms with E-state index in [9.17, 15) is 0 Å². The molecule has 0 bridgehead atoms. The zero-order chi connectivity index (χ0) is 5.11. The summed E-state index contributed by atoms with van der Waals surface area (Å²) in [6.07, 6.45) is 0. The second-order valence-corrected chi connectivity index (χ2v) is 1.73. The van der Waals surface area contributed by atoms with Crippen LogP contribution < -0.4 is 51.4 Å². The van der Waals surface area contributed by atoms with E-state index in [-0.39, 0.29) is 52.8 Å². The van der Waals surface area contributed by atoms with Gasteiger partial charge in [-0.1, -0.05) is 29.8 Å². The third-order valence-corrected chi connectivity index (χ3v) is 0.985. The molecule has 0 N–H and O–H groups in total. The van der Waals surface area contributed by atoms with E-state index in [4.69, 9.17) is 11.6 Å². The summed E-state index contributed by atoms with van der Waals surface area (Å²) < 4.78 is 0. The fourth-order valence-corrected chi connectivity index (χ4v) is 0.560. The molecule has 8 heavy (non-hydrogen) atoms. The standard InChI is InChI=1S/C6H5Cl.K.H/c7-6-4-2-1-3-5-6;;/h1-5H;;/q;+1;-1. The molecule has 0 heterocycles. The van der Waals surface area contributed by atoms with Crippen LogP contribution in [0.5, 0.6) is 0 Å². The van der Waals surface area contributed by atoms with Gasteiger partial charge in [0.05, 0.1) is 0 Å². The molecule has 38 valence electrons. The molecule has 0 spiro atoms. The van der Waals surface area contributed by atoms with Crippen molar-refractivity contribution >= 4 is 11.6 Å². The molecule has 0 nitrogen and oxygen atoms in total. The summed E-state index contributed by atoms with van der Waals surface area (Å²) in [5.74, 6) is 0. The predicted octanol–water partition coefficient (Wildman–Crippen LogP) is -0.544. The van der Waals surface area contributed by atoms with Gasteiger partial charge in [-0.25, -0.2) is 0 Å². The molecular weight excluding hydrogens is 147 g/mol. The Hall–Kier alpha value is 1.15. The van der Waals surface area contributed by atoms with Gasteiger partial charge in [0.25, 0.3) is 0 Å². The molecule has 1 aromatic carbocycles. The van der Waals surface area contributed by atoms with Crippen LogP contribution in [0.1, 0.15) is 1.43 Å². The van der Waals surface area contributed by atoms with Gasteiger partial charge in [0, 0.05) is 5.02 Å². The Bertz CT molecular complexity index is 143. The van der Waals surface area contributed by atoms with Gasteiger partial charge >= 0.3 is 51.4 Å². The molecule has 0 saturated heterocycles. The molecule has 0 aliphatic rings. The minimum Gasteiger partial charge on any atom is -1.00 e. The summed E-state index contributed by atoms with van der Waals surface area (Å²) in [6.45, 7) is 0. The van der Waals surface area contributed by atoms with Gasteiger partial charge in [-0.05, 0) is 12.1 Å². The van der Waals surface area contributed by atoms with Crippen LogP contribution in [-0.4, -0.2) is 0 Å². The molecule has 0 unspecified atom stereocenters. The number of halogens is 1. The van der Waals surface area contributed by atoms with Crippen LogP contribution in [0.15, 0.2) is 30.3 Å². The van der Waals surface area contributed by atoms with Crippen LogP contribution >= 0.6 is 11.6 Å². The van der Waals surface area contributed by atoms with E-state index >= 15 is 0 Å². The molecule has 0 aromatic heterocycles. The van der Waals surface area contributed by atoms with Crippen molar-refractivity contribution in [2.24, 2.45) is 0 Å². The van der Waals surface area contributed by atoms with Crippen molar-refractivity contribution in [1.29, 1.82) is 0 Å². The summed E-state index contributed by atoms with van der Waals surface area (Å²) >= 11 is 5.54. The predicted molar refractivity (Wildman–Crippen MR) is 32.6 cm³/mol. The Morgan fingerprint density at radius 1 is 1.12 bits per heavy atom. The zero-order valence-electron chi connectivity index (χ0n) is 5.76. The van der Waals surface area contributed by atoms with Crippen molar-refractivity contribution in [3.8, 4) is 0 Å².